The number of nitrogens with zero attached hydrogens (tertiary/aromatic N) is 1. The Balaban J connectivity index is -0.000000119. The van der Waals surface area contributed by atoms with E-state index in [9.17, 15) is 4.91 Å². The maximum Gasteiger partial charge on any atom is 0.300 e. The highest BCUT2D eigenvalue weighted by atomic mass is 16.7. The molecule has 0 aliphatic heterocycles. The minimum atomic E-state index is -0.833. The summed E-state index contributed by atoms with van der Waals surface area (Å²) in [5, 5.41) is 17.2. The highest BCUT2D eigenvalue weighted by molar-refractivity contribution is 5.63. The summed E-state index contributed by atoms with van der Waals surface area (Å²) in [6, 6.07) is 0. The van der Waals surface area contributed by atoms with E-state index < -0.39 is 11.9 Å². The van der Waals surface area contributed by atoms with Crippen molar-refractivity contribution in [3.05, 3.63) is 4.91 Å². The van der Waals surface area contributed by atoms with E-state index in [2.05, 4.69) is 17.1 Å². The third-order valence-corrected chi connectivity index (χ3v) is 1.69. The van der Waals surface area contributed by atoms with Gasteiger partial charge in [0.25, 0.3) is 11.9 Å². The Morgan fingerprint density at radius 3 is 1.80 bits per heavy atom. The van der Waals surface area contributed by atoms with Gasteiger partial charge in [0.2, 0.25) is 0 Å². The molecule has 0 rings (SSSR count). The van der Waals surface area contributed by atoms with Crippen molar-refractivity contribution in [1.29, 1.82) is 0 Å². The lowest BCUT2D eigenvalue weighted by Gasteiger charge is -2.05. The Kier molecular flexibility index (Phi) is 30.1. The number of carboxylic acid groups (broad SMARTS) is 2. The van der Waals surface area contributed by atoms with E-state index in [-0.39, 0.29) is 11.6 Å². The molecule has 4 N–H and O–H groups in total. The van der Waals surface area contributed by atoms with Gasteiger partial charge < -0.3 is 20.5 Å². The van der Waals surface area contributed by atoms with E-state index in [1.807, 2.05) is 6.92 Å². The number of rotatable bonds is 7. The van der Waals surface area contributed by atoms with E-state index in [4.69, 9.17) is 19.8 Å². The molecule has 0 aromatic carbocycles. The molecule has 8 nitrogen and oxygen atoms in total. The van der Waals surface area contributed by atoms with Gasteiger partial charge in [0, 0.05) is 13.8 Å². The van der Waals surface area contributed by atoms with Crippen molar-refractivity contribution in [2.75, 3.05) is 0 Å². The van der Waals surface area contributed by atoms with Crippen LogP contribution >= 0.6 is 0 Å². The van der Waals surface area contributed by atoms with Crippen molar-refractivity contribution in [3.63, 3.8) is 0 Å². The molecule has 0 saturated carbocycles. The lowest BCUT2D eigenvalue weighted by molar-refractivity contribution is -0.135. The minimum Gasteiger partial charge on any atom is -0.481 e. The first-order valence-electron chi connectivity index (χ1n) is 6.15. The van der Waals surface area contributed by atoms with Crippen molar-refractivity contribution in [2.45, 2.75) is 65.9 Å². The summed E-state index contributed by atoms with van der Waals surface area (Å²) in [5.74, 6) is -1.67. The number of unbranched alkanes of at least 4 members (excludes halogenated alkanes) is 3. The Hall–Kier alpha value is -1.70. The fourth-order valence-corrected chi connectivity index (χ4v) is 0.985. The molecule has 0 spiro atoms. The molecular formula is C12H27NO7. The van der Waals surface area contributed by atoms with E-state index >= 15 is 0 Å². The Bertz CT molecular complexity index is 214. The van der Waals surface area contributed by atoms with E-state index in [0.717, 1.165) is 26.7 Å². The maximum absolute atomic E-state index is 9.63. The second-order valence-electron chi connectivity index (χ2n) is 3.88. The second kappa shape index (κ2) is 22.5. The Morgan fingerprint density at radius 1 is 1.10 bits per heavy atom. The van der Waals surface area contributed by atoms with Gasteiger partial charge >= 0.3 is 0 Å². The van der Waals surface area contributed by atoms with E-state index in [1.54, 1.807) is 0 Å². The molecule has 0 heterocycles. The van der Waals surface area contributed by atoms with Crippen LogP contribution in [0, 0.1) is 4.91 Å². The smallest absolute Gasteiger partial charge is 0.300 e. The fraction of sp³-hybridized carbons (Fsp3) is 0.833. The molecule has 0 aliphatic rings. The summed E-state index contributed by atoms with van der Waals surface area (Å²) in [4.78, 5) is 32.1. The van der Waals surface area contributed by atoms with Crippen LogP contribution < -0.4 is 0 Å². The molecule has 20 heavy (non-hydrogen) atoms. The molecule has 0 amide bonds. The monoisotopic (exact) mass is 297 g/mol. The van der Waals surface area contributed by atoms with Crippen molar-refractivity contribution < 1.29 is 30.1 Å². The average molecular weight is 297 g/mol. The third kappa shape index (κ3) is 71.6. The van der Waals surface area contributed by atoms with Crippen LogP contribution in [0.2, 0.25) is 0 Å². The predicted octanol–water partition coefficient (Wildman–Crippen LogP) is 2.40. The average Bonchev–Trinajstić information content (AvgIpc) is 2.23. The van der Waals surface area contributed by atoms with Crippen LogP contribution in [0.3, 0.4) is 0 Å². The lowest BCUT2D eigenvalue weighted by atomic mass is 10.1. The van der Waals surface area contributed by atoms with Gasteiger partial charge in [-0.15, -0.1) is 4.91 Å². The molecule has 1 atom stereocenters. The maximum atomic E-state index is 9.63. The zero-order valence-electron chi connectivity index (χ0n) is 12.6. The van der Waals surface area contributed by atoms with Crippen LogP contribution in [-0.4, -0.2) is 33.7 Å². The Morgan fingerprint density at radius 2 is 1.50 bits per heavy atom. The molecule has 0 bridgehead atoms. The van der Waals surface area contributed by atoms with Gasteiger partial charge in [0.1, 0.15) is 6.10 Å². The summed E-state index contributed by atoms with van der Waals surface area (Å²) in [6.07, 6.45) is 5.78. The van der Waals surface area contributed by atoms with E-state index in [0.29, 0.717) is 0 Å². The van der Waals surface area contributed by atoms with Crippen molar-refractivity contribution in [3.8, 4) is 0 Å². The van der Waals surface area contributed by atoms with E-state index in [1.165, 1.54) is 19.3 Å². The molecule has 0 fully saturated rings. The van der Waals surface area contributed by atoms with Crippen molar-refractivity contribution >= 4 is 11.9 Å². The Labute approximate surface area is 119 Å². The van der Waals surface area contributed by atoms with Crippen LogP contribution in [-0.2, 0) is 14.4 Å². The SMILES string of the molecule is CC(=O)O.CC(=O)O.CCCCCCC(C)ON=O.O. The summed E-state index contributed by atoms with van der Waals surface area (Å²) in [5.41, 5.74) is 0. The molecule has 1 unspecified atom stereocenters. The van der Waals surface area contributed by atoms with Crippen LogP contribution in [0.5, 0.6) is 0 Å². The van der Waals surface area contributed by atoms with Gasteiger partial charge in [-0.1, -0.05) is 26.2 Å². The lowest BCUT2D eigenvalue weighted by Crippen LogP contribution is -2.02. The van der Waals surface area contributed by atoms with Crippen molar-refractivity contribution in [2.24, 2.45) is 5.34 Å². The highest BCUT2D eigenvalue weighted by Gasteiger charge is 2.00. The van der Waals surface area contributed by atoms with Crippen LogP contribution in [0.4, 0.5) is 0 Å². The molecule has 0 aliphatic carbocycles. The van der Waals surface area contributed by atoms with Crippen LogP contribution in [0.1, 0.15) is 59.8 Å². The normalized spacial score (nSPS) is 9.40. The summed E-state index contributed by atoms with van der Waals surface area (Å²) in [7, 11) is 0. The number of aliphatic carboxylic acids is 2. The molecule has 0 saturated heterocycles. The number of carbonyl (C=O) groups is 2. The van der Waals surface area contributed by atoms with Gasteiger partial charge in [-0.2, -0.15) is 0 Å². The molecule has 122 valence electrons. The molecule has 0 aromatic rings. The first kappa shape index (κ1) is 26.8. The summed E-state index contributed by atoms with van der Waals surface area (Å²) >= 11 is 0. The summed E-state index contributed by atoms with van der Waals surface area (Å²) < 4.78 is 0. The molecule has 8 heteroatoms. The largest absolute Gasteiger partial charge is 0.481 e. The van der Waals surface area contributed by atoms with Gasteiger partial charge in [0.05, 0.1) is 0 Å². The third-order valence-electron chi connectivity index (χ3n) is 1.69. The number of hydrogen-bond donors (Lipinski definition) is 2. The first-order chi connectivity index (χ1) is 8.77. The van der Waals surface area contributed by atoms with Gasteiger partial charge in [-0.25, -0.2) is 0 Å². The highest BCUT2D eigenvalue weighted by Crippen LogP contribution is 2.07. The molecule has 0 radical (unpaired) electrons. The summed E-state index contributed by atoms with van der Waals surface area (Å²) in [6.45, 7) is 6.21. The van der Waals surface area contributed by atoms with Crippen LogP contribution in [0.15, 0.2) is 5.34 Å². The standard InChI is InChI=1S/C8H17NO2.2C2H4O2.H2O/c1-3-4-5-6-7-8(2)11-9-10;2*1-2(3)4;/h8H,3-7H2,1-2H3;2*1H3,(H,3,4);1H2. The second-order valence-corrected chi connectivity index (χ2v) is 3.88. The number of carboxylic acids is 2. The van der Waals surface area contributed by atoms with Gasteiger partial charge in [0.15, 0.2) is 5.34 Å². The quantitative estimate of drug-likeness (QED) is 0.419. The van der Waals surface area contributed by atoms with Gasteiger partial charge in [-0.05, 0) is 19.8 Å². The first-order valence-corrected chi connectivity index (χ1v) is 6.15. The minimum absolute atomic E-state index is 0. The number of hydrogen-bond acceptors (Lipinski definition) is 5. The molecular weight excluding hydrogens is 270 g/mol. The van der Waals surface area contributed by atoms with Crippen molar-refractivity contribution in [1.82, 2.24) is 0 Å². The predicted molar refractivity (Wildman–Crippen MR) is 75.3 cm³/mol. The zero-order chi connectivity index (χ0) is 15.7. The fourth-order valence-electron chi connectivity index (χ4n) is 0.985. The molecule has 0 aromatic heterocycles. The zero-order valence-corrected chi connectivity index (χ0v) is 12.6. The van der Waals surface area contributed by atoms with Crippen LogP contribution in [0.25, 0.3) is 0 Å². The van der Waals surface area contributed by atoms with Gasteiger partial charge in [-0.3, -0.25) is 9.59 Å². The topological polar surface area (TPSA) is 145 Å².